The Hall–Kier alpha value is -0.310. The molecule has 0 N–H and O–H groups in total. The molecule has 0 amide bonds. The molecule has 0 saturated carbocycles. The lowest BCUT2D eigenvalue weighted by Gasteiger charge is -2.00. The van der Waals surface area contributed by atoms with Crippen molar-refractivity contribution in [3.8, 4) is 0 Å². The minimum atomic E-state index is 1.09. The molecule has 0 aromatic heterocycles. The highest BCUT2D eigenvalue weighted by Crippen LogP contribution is 2.14. The molecule has 0 aliphatic carbocycles. The predicted octanol–water partition coefficient (Wildman–Crippen LogP) is 4.04. The van der Waals surface area contributed by atoms with Crippen molar-refractivity contribution in [2.75, 3.05) is 0 Å². The summed E-state index contributed by atoms with van der Waals surface area (Å²) in [5.41, 5.74) is 2.77. The third-order valence-corrected chi connectivity index (χ3v) is 2.55. The lowest BCUT2D eigenvalue weighted by Crippen LogP contribution is -1.81. The summed E-state index contributed by atoms with van der Waals surface area (Å²) >= 11 is 2.40. The number of alkyl halides is 1. The molecule has 0 fully saturated rings. The summed E-state index contributed by atoms with van der Waals surface area (Å²) in [6, 6.07) is 8.53. The van der Waals surface area contributed by atoms with Crippen LogP contribution in [0.25, 0.3) is 6.08 Å². The van der Waals surface area contributed by atoms with Gasteiger partial charge >= 0.3 is 0 Å². The molecule has 0 nitrogen and oxygen atoms in total. The van der Waals surface area contributed by atoms with Gasteiger partial charge in [0.05, 0.1) is 0 Å². The SMILES string of the molecule is CC/C=C\c1ccccc1CI. The maximum atomic E-state index is 2.40. The summed E-state index contributed by atoms with van der Waals surface area (Å²) in [6.07, 6.45) is 5.51. The first-order valence-electron chi connectivity index (χ1n) is 4.19. The van der Waals surface area contributed by atoms with E-state index in [9.17, 15) is 0 Å². The molecule has 0 atom stereocenters. The van der Waals surface area contributed by atoms with Gasteiger partial charge in [-0.2, -0.15) is 0 Å². The van der Waals surface area contributed by atoms with E-state index in [2.05, 4.69) is 65.9 Å². The molecule has 0 saturated heterocycles. The molecule has 0 aliphatic rings. The number of halogens is 1. The fraction of sp³-hybridized carbons (Fsp3) is 0.273. The first-order valence-corrected chi connectivity index (χ1v) is 5.71. The van der Waals surface area contributed by atoms with Crippen molar-refractivity contribution in [2.45, 2.75) is 17.8 Å². The standard InChI is InChI=1S/C11H13I/c1-2-3-6-10-7-4-5-8-11(10)9-12/h3-8H,2,9H2,1H3/b6-3-. The Labute approximate surface area is 87.8 Å². The minimum absolute atomic E-state index is 1.09. The summed E-state index contributed by atoms with van der Waals surface area (Å²) < 4.78 is 1.09. The molecule has 12 heavy (non-hydrogen) atoms. The molecule has 64 valence electrons. The van der Waals surface area contributed by atoms with E-state index in [0.717, 1.165) is 10.8 Å². The molecule has 0 radical (unpaired) electrons. The van der Waals surface area contributed by atoms with Gasteiger partial charge in [-0.25, -0.2) is 0 Å². The van der Waals surface area contributed by atoms with E-state index in [0.29, 0.717) is 0 Å². The lowest BCUT2D eigenvalue weighted by molar-refractivity contribution is 1.23. The number of hydrogen-bond acceptors (Lipinski definition) is 0. The maximum Gasteiger partial charge on any atom is 0.0253 e. The second-order valence-electron chi connectivity index (χ2n) is 2.64. The Morgan fingerprint density at radius 2 is 2.08 bits per heavy atom. The lowest BCUT2D eigenvalue weighted by atomic mass is 10.1. The van der Waals surface area contributed by atoms with Gasteiger partial charge in [0.15, 0.2) is 0 Å². The molecule has 1 aromatic carbocycles. The molecule has 0 aliphatic heterocycles. The zero-order valence-electron chi connectivity index (χ0n) is 7.26. The molecule has 0 unspecified atom stereocenters. The van der Waals surface area contributed by atoms with E-state index < -0.39 is 0 Å². The average Bonchev–Trinajstić information content (AvgIpc) is 2.15. The highest BCUT2D eigenvalue weighted by atomic mass is 127. The van der Waals surface area contributed by atoms with Gasteiger partial charge in [-0.3, -0.25) is 0 Å². The van der Waals surface area contributed by atoms with Crippen molar-refractivity contribution >= 4 is 28.7 Å². The Bertz CT molecular complexity index is 263. The zero-order valence-corrected chi connectivity index (χ0v) is 9.41. The van der Waals surface area contributed by atoms with Gasteiger partial charge in [0, 0.05) is 4.43 Å². The molecule has 1 rings (SSSR count). The van der Waals surface area contributed by atoms with Crippen LogP contribution in [0.1, 0.15) is 24.5 Å². The first-order chi connectivity index (χ1) is 5.88. The summed E-state index contributed by atoms with van der Waals surface area (Å²) in [4.78, 5) is 0. The van der Waals surface area contributed by atoms with Crippen LogP contribution < -0.4 is 0 Å². The number of rotatable bonds is 3. The van der Waals surface area contributed by atoms with Gasteiger partial charge in [-0.15, -0.1) is 0 Å². The van der Waals surface area contributed by atoms with Gasteiger partial charge in [-0.05, 0) is 17.5 Å². The van der Waals surface area contributed by atoms with E-state index in [1.54, 1.807) is 0 Å². The van der Waals surface area contributed by atoms with Gasteiger partial charge in [0.2, 0.25) is 0 Å². The highest BCUT2D eigenvalue weighted by Gasteiger charge is 1.93. The van der Waals surface area contributed by atoms with Gasteiger partial charge in [-0.1, -0.05) is 65.9 Å². The van der Waals surface area contributed by atoms with Crippen molar-refractivity contribution in [1.82, 2.24) is 0 Å². The van der Waals surface area contributed by atoms with Crippen LogP contribution in [0.2, 0.25) is 0 Å². The van der Waals surface area contributed by atoms with Crippen LogP contribution in [-0.2, 0) is 4.43 Å². The van der Waals surface area contributed by atoms with Crippen LogP contribution in [-0.4, -0.2) is 0 Å². The fourth-order valence-corrected chi connectivity index (χ4v) is 1.76. The van der Waals surface area contributed by atoms with Crippen LogP contribution in [0, 0.1) is 0 Å². The minimum Gasteiger partial charge on any atom is -0.0842 e. The molecule has 0 bridgehead atoms. The third kappa shape index (κ3) is 2.63. The maximum absolute atomic E-state index is 2.40. The van der Waals surface area contributed by atoms with Crippen LogP contribution in [0.4, 0.5) is 0 Å². The van der Waals surface area contributed by atoms with E-state index in [1.807, 2.05) is 0 Å². The van der Waals surface area contributed by atoms with E-state index in [4.69, 9.17) is 0 Å². The monoisotopic (exact) mass is 272 g/mol. The quantitative estimate of drug-likeness (QED) is 0.575. The van der Waals surface area contributed by atoms with Crippen molar-refractivity contribution in [3.63, 3.8) is 0 Å². The zero-order chi connectivity index (χ0) is 8.81. The Morgan fingerprint density at radius 1 is 1.33 bits per heavy atom. The molecule has 0 spiro atoms. The average molecular weight is 272 g/mol. The fourth-order valence-electron chi connectivity index (χ4n) is 1.06. The van der Waals surface area contributed by atoms with Crippen molar-refractivity contribution in [3.05, 3.63) is 41.5 Å². The number of benzene rings is 1. The van der Waals surface area contributed by atoms with E-state index in [-0.39, 0.29) is 0 Å². The largest absolute Gasteiger partial charge is 0.0842 e. The molecular formula is C11H13I. The topological polar surface area (TPSA) is 0 Å². The van der Waals surface area contributed by atoms with E-state index >= 15 is 0 Å². The molecular weight excluding hydrogens is 259 g/mol. The summed E-state index contributed by atoms with van der Waals surface area (Å²) in [5, 5.41) is 0. The number of allylic oxidation sites excluding steroid dienone is 1. The number of hydrogen-bond donors (Lipinski definition) is 0. The molecule has 1 heteroatoms. The summed E-state index contributed by atoms with van der Waals surface area (Å²) in [7, 11) is 0. The Morgan fingerprint density at radius 3 is 2.75 bits per heavy atom. The van der Waals surface area contributed by atoms with Crippen LogP contribution in [0.15, 0.2) is 30.3 Å². The molecule has 1 aromatic rings. The van der Waals surface area contributed by atoms with Crippen molar-refractivity contribution in [1.29, 1.82) is 0 Å². The van der Waals surface area contributed by atoms with Crippen LogP contribution >= 0.6 is 22.6 Å². The molecule has 0 heterocycles. The highest BCUT2D eigenvalue weighted by molar-refractivity contribution is 14.1. The Balaban J connectivity index is 2.89. The Kier molecular flexibility index (Phi) is 4.36. The van der Waals surface area contributed by atoms with E-state index in [1.165, 1.54) is 11.1 Å². The smallest absolute Gasteiger partial charge is 0.0253 e. The first kappa shape index (κ1) is 9.78. The summed E-state index contributed by atoms with van der Waals surface area (Å²) in [5.74, 6) is 0. The summed E-state index contributed by atoms with van der Waals surface area (Å²) in [6.45, 7) is 2.16. The second kappa shape index (κ2) is 5.36. The van der Waals surface area contributed by atoms with Crippen LogP contribution in [0.3, 0.4) is 0 Å². The normalized spacial score (nSPS) is 10.8. The third-order valence-electron chi connectivity index (χ3n) is 1.73. The van der Waals surface area contributed by atoms with Crippen LogP contribution in [0.5, 0.6) is 0 Å². The predicted molar refractivity (Wildman–Crippen MR) is 63.5 cm³/mol. The van der Waals surface area contributed by atoms with Gasteiger partial charge in [0.25, 0.3) is 0 Å². The van der Waals surface area contributed by atoms with Crippen molar-refractivity contribution in [2.24, 2.45) is 0 Å². The van der Waals surface area contributed by atoms with Crippen molar-refractivity contribution < 1.29 is 0 Å². The van der Waals surface area contributed by atoms with Gasteiger partial charge < -0.3 is 0 Å². The van der Waals surface area contributed by atoms with Gasteiger partial charge in [0.1, 0.15) is 0 Å². The second-order valence-corrected chi connectivity index (χ2v) is 3.41.